The van der Waals surface area contributed by atoms with Gasteiger partial charge in [-0.1, -0.05) is 36.4 Å². The summed E-state index contributed by atoms with van der Waals surface area (Å²) in [6.07, 6.45) is 1.79. The number of hydrogen-bond donors (Lipinski definition) is 1. The number of amides is 1. The fourth-order valence-corrected chi connectivity index (χ4v) is 4.18. The molecular formula is C19H23FN2O3S2. The van der Waals surface area contributed by atoms with E-state index in [-0.39, 0.29) is 18.3 Å². The van der Waals surface area contributed by atoms with Crippen molar-refractivity contribution in [2.45, 2.75) is 12.2 Å². The zero-order valence-electron chi connectivity index (χ0n) is 15.1. The Kier molecular flexibility index (Phi) is 8.12. The number of nitrogens with zero attached hydrogens (tertiary/aromatic N) is 1. The van der Waals surface area contributed by atoms with E-state index in [9.17, 15) is 17.6 Å². The quantitative estimate of drug-likeness (QED) is 0.612. The number of benzene rings is 2. The summed E-state index contributed by atoms with van der Waals surface area (Å²) in [5.74, 6) is 0.781. The van der Waals surface area contributed by atoms with Crippen molar-refractivity contribution in [1.29, 1.82) is 0 Å². The van der Waals surface area contributed by atoms with Crippen LogP contribution in [0.1, 0.15) is 12.0 Å². The molecule has 0 fully saturated rings. The average Bonchev–Trinajstić information content (AvgIpc) is 2.63. The summed E-state index contributed by atoms with van der Waals surface area (Å²) in [4.78, 5) is 12.1. The van der Waals surface area contributed by atoms with Gasteiger partial charge in [0.2, 0.25) is 15.9 Å². The molecular weight excluding hydrogens is 387 g/mol. The first kappa shape index (κ1) is 21.2. The fraction of sp³-hybridized carbons (Fsp3) is 0.316. The normalized spacial score (nSPS) is 11.2. The smallest absolute Gasteiger partial charge is 0.240 e. The summed E-state index contributed by atoms with van der Waals surface area (Å²) in [7, 11) is -3.55. The zero-order valence-corrected chi connectivity index (χ0v) is 16.7. The third kappa shape index (κ3) is 7.22. The molecule has 2 aromatic carbocycles. The second-order valence-electron chi connectivity index (χ2n) is 5.95. The van der Waals surface area contributed by atoms with Crippen molar-refractivity contribution in [3.05, 3.63) is 66.0 Å². The van der Waals surface area contributed by atoms with Crippen molar-refractivity contribution in [1.82, 2.24) is 5.32 Å². The molecule has 0 spiro atoms. The minimum Gasteiger partial charge on any atom is -0.354 e. The van der Waals surface area contributed by atoms with E-state index < -0.39 is 10.0 Å². The van der Waals surface area contributed by atoms with E-state index in [1.165, 1.54) is 6.07 Å². The summed E-state index contributed by atoms with van der Waals surface area (Å²) >= 11 is 1.59. The van der Waals surface area contributed by atoms with Crippen molar-refractivity contribution >= 4 is 33.4 Å². The minimum absolute atomic E-state index is 0.208. The molecule has 0 atom stereocenters. The topological polar surface area (TPSA) is 66.5 Å². The van der Waals surface area contributed by atoms with Crippen LogP contribution in [0.25, 0.3) is 0 Å². The van der Waals surface area contributed by atoms with E-state index in [2.05, 4.69) is 5.32 Å². The Bertz CT molecular complexity index is 845. The fourth-order valence-electron chi connectivity index (χ4n) is 2.38. The molecule has 2 rings (SSSR count). The van der Waals surface area contributed by atoms with E-state index in [1.807, 2.05) is 0 Å². The molecule has 5 nitrogen and oxygen atoms in total. The molecule has 8 heteroatoms. The monoisotopic (exact) mass is 410 g/mol. The first-order valence-electron chi connectivity index (χ1n) is 8.48. The van der Waals surface area contributed by atoms with Crippen LogP contribution in [0, 0.1) is 5.82 Å². The second kappa shape index (κ2) is 10.3. The zero-order chi connectivity index (χ0) is 19.7. The molecule has 146 valence electrons. The van der Waals surface area contributed by atoms with Crippen molar-refractivity contribution in [3.8, 4) is 0 Å². The van der Waals surface area contributed by atoms with E-state index in [0.717, 1.165) is 22.7 Å². The summed E-state index contributed by atoms with van der Waals surface area (Å²) in [5.41, 5.74) is 1.12. The summed E-state index contributed by atoms with van der Waals surface area (Å²) < 4.78 is 38.5. The van der Waals surface area contributed by atoms with Crippen LogP contribution in [-0.4, -0.2) is 39.4 Å². The first-order chi connectivity index (χ1) is 12.9. The number of carbonyl (C=O) groups excluding carboxylic acids is 1. The lowest BCUT2D eigenvalue weighted by atomic mass is 10.2. The van der Waals surface area contributed by atoms with E-state index in [1.54, 1.807) is 60.3 Å². The number of halogens is 1. The van der Waals surface area contributed by atoms with Crippen molar-refractivity contribution in [2.24, 2.45) is 0 Å². The molecule has 2 aromatic rings. The van der Waals surface area contributed by atoms with Crippen LogP contribution in [-0.2, 0) is 20.6 Å². The number of para-hydroxylation sites is 1. The molecule has 27 heavy (non-hydrogen) atoms. The maximum Gasteiger partial charge on any atom is 0.240 e. The summed E-state index contributed by atoms with van der Waals surface area (Å²) in [5, 5.41) is 2.73. The Hall–Kier alpha value is -2.06. The molecule has 1 N–H and O–H groups in total. The lowest BCUT2D eigenvalue weighted by Gasteiger charge is -2.21. The third-order valence-electron chi connectivity index (χ3n) is 3.73. The number of carbonyl (C=O) groups is 1. The van der Waals surface area contributed by atoms with Gasteiger partial charge in [0.15, 0.2) is 0 Å². The van der Waals surface area contributed by atoms with Gasteiger partial charge in [0.25, 0.3) is 0 Å². The van der Waals surface area contributed by atoms with Gasteiger partial charge in [0.1, 0.15) is 12.4 Å². The predicted octanol–water partition coefficient (Wildman–Crippen LogP) is 3.03. The van der Waals surface area contributed by atoms with Gasteiger partial charge in [0, 0.05) is 12.3 Å². The molecule has 0 aromatic heterocycles. The van der Waals surface area contributed by atoms with Crippen LogP contribution >= 0.6 is 11.8 Å². The largest absolute Gasteiger partial charge is 0.354 e. The molecule has 0 unspecified atom stereocenters. The molecule has 0 bridgehead atoms. The number of thioether (sulfide) groups is 1. The van der Waals surface area contributed by atoms with Gasteiger partial charge in [-0.05, 0) is 35.9 Å². The molecule has 0 aliphatic heterocycles. The van der Waals surface area contributed by atoms with Gasteiger partial charge in [-0.25, -0.2) is 12.8 Å². The first-order valence-corrected chi connectivity index (χ1v) is 11.5. The Balaban J connectivity index is 1.73. The Morgan fingerprint density at radius 1 is 1.11 bits per heavy atom. The highest BCUT2D eigenvalue weighted by molar-refractivity contribution is 7.98. The number of rotatable bonds is 10. The van der Waals surface area contributed by atoms with E-state index in [4.69, 9.17) is 0 Å². The van der Waals surface area contributed by atoms with E-state index in [0.29, 0.717) is 23.5 Å². The lowest BCUT2D eigenvalue weighted by molar-refractivity contribution is -0.119. The minimum atomic E-state index is -3.55. The van der Waals surface area contributed by atoms with Gasteiger partial charge < -0.3 is 5.32 Å². The molecule has 0 aliphatic rings. The molecule has 0 saturated heterocycles. The Morgan fingerprint density at radius 2 is 1.78 bits per heavy atom. The van der Waals surface area contributed by atoms with Crippen LogP contribution in [0.15, 0.2) is 54.6 Å². The number of hydrogen-bond acceptors (Lipinski definition) is 4. The van der Waals surface area contributed by atoms with Gasteiger partial charge in [-0.3, -0.25) is 9.10 Å². The SMILES string of the molecule is CS(=O)(=O)N(CC(=O)NCCCSCc1ccccc1F)c1ccccc1. The van der Waals surface area contributed by atoms with Crippen LogP contribution in [0.5, 0.6) is 0 Å². The summed E-state index contributed by atoms with van der Waals surface area (Å²) in [6.45, 7) is 0.181. The molecule has 0 heterocycles. The highest BCUT2D eigenvalue weighted by atomic mass is 32.2. The second-order valence-corrected chi connectivity index (χ2v) is 8.96. The highest BCUT2D eigenvalue weighted by Crippen LogP contribution is 2.17. The van der Waals surface area contributed by atoms with Crippen molar-refractivity contribution in [3.63, 3.8) is 0 Å². The molecule has 0 saturated carbocycles. The van der Waals surface area contributed by atoms with Gasteiger partial charge in [0.05, 0.1) is 11.9 Å². The summed E-state index contributed by atoms with van der Waals surface area (Å²) in [6, 6.07) is 15.2. The number of nitrogens with one attached hydrogen (secondary N) is 1. The maximum absolute atomic E-state index is 13.5. The molecule has 0 radical (unpaired) electrons. The van der Waals surface area contributed by atoms with Crippen LogP contribution in [0.3, 0.4) is 0 Å². The Labute approximate surface area is 164 Å². The van der Waals surface area contributed by atoms with Crippen molar-refractivity contribution in [2.75, 3.05) is 29.4 Å². The molecule has 1 amide bonds. The number of anilines is 1. The lowest BCUT2D eigenvalue weighted by Crippen LogP contribution is -2.40. The van der Waals surface area contributed by atoms with Crippen LogP contribution < -0.4 is 9.62 Å². The Morgan fingerprint density at radius 3 is 2.44 bits per heavy atom. The predicted molar refractivity (Wildman–Crippen MR) is 109 cm³/mol. The maximum atomic E-state index is 13.5. The number of sulfonamides is 1. The van der Waals surface area contributed by atoms with Gasteiger partial charge >= 0.3 is 0 Å². The van der Waals surface area contributed by atoms with Crippen molar-refractivity contribution < 1.29 is 17.6 Å². The van der Waals surface area contributed by atoms with Crippen LogP contribution in [0.2, 0.25) is 0 Å². The van der Waals surface area contributed by atoms with Gasteiger partial charge in [-0.15, -0.1) is 0 Å². The standard InChI is InChI=1S/C19H23FN2O3S2/c1-27(24,25)22(17-9-3-2-4-10-17)14-19(23)21-12-7-13-26-15-16-8-5-6-11-18(16)20/h2-6,8-11H,7,12-15H2,1H3,(H,21,23). The molecule has 0 aliphatic carbocycles. The van der Waals surface area contributed by atoms with Gasteiger partial charge in [-0.2, -0.15) is 11.8 Å². The van der Waals surface area contributed by atoms with Crippen LogP contribution in [0.4, 0.5) is 10.1 Å². The third-order valence-corrected chi connectivity index (χ3v) is 5.97. The highest BCUT2D eigenvalue weighted by Gasteiger charge is 2.20. The van der Waals surface area contributed by atoms with E-state index >= 15 is 0 Å². The average molecular weight is 411 g/mol.